The second-order valence-electron chi connectivity index (χ2n) is 5.72. The molecule has 2 unspecified atom stereocenters. The smallest absolute Gasteiger partial charge is 0.0595 e. The Hall–Kier alpha value is -0.250. The van der Waals surface area contributed by atoms with Crippen LogP contribution in [0.4, 0.5) is 5.69 Å². The maximum Gasteiger partial charge on any atom is 0.0595 e. The van der Waals surface area contributed by atoms with E-state index in [4.69, 9.17) is 11.6 Å². The van der Waals surface area contributed by atoms with Crippen molar-refractivity contribution < 1.29 is 0 Å². The van der Waals surface area contributed by atoms with Gasteiger partial charge in [-0.2, -0.15) is 0 Å². The molecule has 1 aromatic carbocycles. The molecular weight excluding hydrogens is 324 g/mol. The summed E-state index contributed by atoms with van der Waals surface area (Å²) in [4.78, 5) is 5.19. The summed E-state index contributed by atoms with van der Waals surface area (Å²) in [5.74, 6) is 0. The van der Waals surface area contributed by atoms with E-state index < -0.39 is 0 Å². The van der Waals surface area contributed by atoms with Crippen molar-refractivity contribution in [3.63, 3.8) is 0 Å². The average molecular weight is 344 g/mol. The molecule has 0 spiro atoms. The Morgan fingerprint density at radius 3 is 2.95 bits per heavy atom. The predicted octanol–water partition coefficient (Wildman–Crippen LogP) is 4.17. The number of piperidine rings is 1. The molecule has 4 heteroatoms. The van der Waals surface area contributed by atoms with E-state index in [2.05, 4.69) is 38.7 Å². The van der Waals surface area contributed by atoms with Gasteiger partial charge < -0.3 is 4.90 Å². The Labute approximate surface area is 128 Å². The second kappa shape index (κ2) is 5.63. The summed E-state index contributed by atoms with van der Waals surface area (Å²) in [5.41, 5.74) is 1.24. The highest BCUT2D eigenvalue weighted by Gasteiger charge is 2.33. The minimum atomic E-state index is 0.545. The second-order valence-corrected chi connectivity index (χ2v) is 6.92. The molecule has 0 N–H and O–H groups in total. The van der Waals surface area contributed by atoms with E-state index >= 15 is 0 Å². The van der Waals surface area contributed by atoms with Crippen LogP contribution in [0.1, 0.15) is 26.2 Å². The van der Waals surface area contributed by atoms with E-state index in [1.807, 2.05) is 12.1 Å². The first kappa shape index (κ1) is 13.7. The molecule has 2 atom stereocenters. The van der Waals surface area contributed by atoms with Gasteiger partial charge in [-0.3, -0.25) is 4.90 Å². The van der Waals surface area contributed by atoms with Crippen molar-refractivity contribution in [2.24, 2.45) is 0 Å². The number of fused-ring (bicyclic) bond motifs is 1. The Kier molecular flexibility index (Phi) is 4.06. The van der Waals surface area contributed by atoms with Crippen LogP contribution in [0.15, 0.2) is 22.7 Å². The van der Waals surface area contributed by atoms with Gasteiger partial charge >= 0.3 is 0 Å². The van der Waals surface area contributed by atoms with Gasteiger partial charge in [-0.05, 0) is 54.4 Å². The van der Waals surface area contributed by atoms with Crippen LogP contribution >= 0.6 is 27.5 Å². The number of piperazine rings is 1. The molecule has 2 nitrogen and oxygen atoms in total. The van der Waals surface area contributed by atoms with E-state index in [1.54, 1.807) is 0 Å². The highest BCUT2D eigenvalue weighted by atomic mass is 79.9. The molecule has 3 rings (SSSR count). The third-order valence-electron chi connectivity index (χ3n) is 4.43. The molecule has 2 heterocycles. The standard InChI is InChI=1S/C15H20BrClN2/c1-11-9-18-8-3-2-5-12(18)10-19(11)14-7-4-6-13(17)15(14)16/h4,6-7,11-12H,2-3,5,8-10H2,1H3. The molecule has 2 aliphatic rings. The van der Waals surface area contributed by atoms with E-state index in [0.29, 0.717) is 6.04 Å². The summed E-state index contributed by atoms with van der Waals surface area (Å²) in [5, 5.41) is 0.802. The number of halogens is 2. The number of benzene rings is 1. The van der Waals surface area contributed by atoms with E-state index in [1.165, 1.54) is 38.0 Å². The molecule has 0 amide bonds. The van der Waals surface area contributed by atoms with Crippen LogP contribution in [0, 0.1) is 0 Å². The van der Waals surface area contributed by atoms with Crippen molar-refractivity contribution in [2.45, 2.75) is 38.3 Å². The Balaban J connectivity index is 1.86. The predicted molar refractivity (Wildman–Crippen MR) is 85.2 cm³/mol. The van der Waals surface area contributed by atoms with E-state index in [0.717, 1.165) is 22.1 Å². The van der Waals surface area contributed by atoms with Crippen LogP contribution in [0.2, 0.25) is 5.02 Å². The summed E-state index contributed by atoms with van der Waals surface area (Å²) in [7, 11) is 0. The first-order valence-electron chi connectivity index (χ1n) is 7.11. The lowest BCUT2D eigenvalue weighted by Gasteiger charge is -2.48. The third kappa shape index (κ3) is 2.65. The van der Waals surface area contributed by atoms with Crippen LogP contribution in [-0.4, -0.2) is 36.6 Å². The molecule has 104 valence electrons. The molecule has 2 aliphatic heterocycles. The lowest BCUT2D eigenvalue weighted by Crippen LogP contribution is -2.58. The van der Waals surface area contributed by atoms with E-state index in [-0.39, 0.29) is 0 Å². The average Bonchev–Trinajstić information content (AvgIpc) is 2.41. The molecule has 2 fully saturated rings. The largest absolute Gasteiger partial charge is 0.365 e. The highest BCUT2D eigenvalue weighted by molar-refractivity contribution is 9.10. The van der Waals surface area contributed by atoms with E-state index in [9.17, 15) is 0 Å². The molecule has 1 aromatic rings. The lowest BCUT2D eigenvalue weighted by atomic mass is 9.96. The fourth-order valence-electron chi connectivity index (χ4n) is 3.40. The van der Waals surface area contributed by atoms with Crippen molar-refractivity contribution in [3.05, 3.63) is 27.7 Å². The quantitative estimate of drug-likeness (QED) is 0.755. The Bertz CT molecular complexity index is 465. The first-order chi connectivity index (χ1) is 9.16. The van der Waals surface area contributed by atoms with Crippen LogP contribution in [0.5, 0.6) is 0 Å². The van der Waals surface area contributed by atoms with Crippen LogP contribution in [0.3, 0.4) is 0 Å². The fourth-order valence-corrected chi connectivity index (χ4v) is 4.06. The maximum absolute atomic E-state index is 6.23. The minimum Gasteiger partial charge on any atom is -0.365 e. The van der Waals surface area contributed by atoms with Crippen LogP contribution in [0.25, 0.3) is 0 Å². The minimum absolute atomic E-state index is 0.545. The zero-order chi connectivity index (χ0) is 13.4. The molecule has 0 bridgehead atoms. The van der Waals surface area contributed by atoms with Gasteiger partial charge in [0.15, 0.2) is 0 Å². The highest BCUT2D eigenvalue weighted by Crippen LogP contribution is 2.36. The summed E-state index contributed by atoms with van der Waals surface area (Å²) < 4.78 is 1.03. The van der Waals surface area contributed by atoms with Crippen molar-refractivity contribution in [1.82, 2.24) is 4.90 Å². The van der Waals surface area contributed by atoms with Crippen LogP contribution < -0.4 is 4.90 Å². The monoisotopic (exact) mass is 342 g/mol. The van der Waals surface area contributed by atoms with Gasteiger partial charge in [-0.15, -0.1) is 0 Å². The molecule has 19 heavy (non-hydrogen) atoms. The summed E-state index contributed by atoms with van der Waals surface area (Å²) in [6, 6.07) is 7.42. The van der Waals surface area contributed by atoms with Crippen molar-refractivity contribution in [2.75, 3.05) is 24.5 Å². The van der Waals surface area contributed by atoms with Gasteiger partial charge in [0.25, 0.3) is 0 Å². The molecule has 0 radical (unpaired) electrons. The maximum atomic E-state index is 6.23. The number of nitrogens with zero attached hydrogens (tertiary/aromatic N) is 2. The molecular formula is C15H20BrClN2. The number of hydrogen-bond acceptors (Lipinski definition) is 2. The number of rotatable bonds is 1. The molecule has 0 saturated carbocycles. The summed E-state index contributed by atoms with van der Waals surface area (Å²) in [6.07, 6.45) is 4.07. The number of anilines is 1. The Morgan fingerprint density at radius 2 is 2.11 bits per heavy atom. The van der Waals surface area contributed by atoms with Gasteiger partial charge in [-0.25, -0.2) is 0 Å². The lowest BCUT2D eigenvalue weighted by molar-refractivity contribution is 0.115. The number of hydrogen-bond donors (Lipinski definition) is 0. The zero-order valence-corrected chi connectivity index (χ0v) is 13.6. The van der Waals surface area contributed by atoms with Crippen molar-refractivity contribution in [3.8, 4) is 0 Å². The summed E-state index contributed by atoms with van der Waals surface area (Å²) >= 11 is 9.88. The molecule has 0 aromatic heterocycles. The van der Waals surface area contributed by atoms with Gasteiger partial charge in [-0.1, -0.05) is 24.1 Å². The SMILES string of the molecule is CC1CN2CCCCC2CN1c1cccc(Cl)c1Br. The van der Waals surface area contributed by atoms with Gasteiger partial charge in [0.05, 0.1) is 15.2 Å². The van der Waals surface area contributed by atoms with Crippen LogP contribution in [-0.2, 0) is 0 Å². The van der Waals surface area contributed by atoms with Gasteiger partial charge in [0.2, 0.25) is 0 Å². The zero-order valence-electron chi connectivity index (χ0n) is 11.3. The van der Waals surface area contributed by atoms with Gasteiger partial charge in [0, 0.05) is 25.2 Å². The Morgan fingerprint density at radius 1 is 1.26 bits per heavy atom. The fraction of sp³-hybridized carbons (Fsp3) is 0.600. The molecule has 0 aliphatic carbocycles. The van der Waals surface area contributed by atoms with Gasteiger partial charge in [0.1, 0.15) is 0 Å². The first-order valence-corrected chi connectivity index (χ1v) is 8.28. The molecule has 2 saturated heterocycles. The summed E-state index contributed by atoms with van der Waals surface area (Å²) in [6.45, 7) is 5.89. The topological polar surface area (TPSA) is 6.48 Å². The normalized spacial score (nSPS) is 28.3. The van der Waals surface area contributed by atoms with Crippen molar-refractivity contribution in [1.29, 1.82) is 0 Å². The van der Waals surface area contributed by atoms with Crippen molar-refractivity contribution >= 4 is 33.2 Å². The third-order valence-corrected chi connectivity index (χ3v) is 5.80.